The summed E-state index contributed by atoms with van der Waals surface area (Å²) in [6.45, 7) is 8.91. The van der Waals surface area contributed by atoms with E-state index in [0.717, 1.165) is 31.2 Å². The van der Waals surface area contributed by atoms with Crippen molar-refractivity contribution in [1.82, 2.24) is 4.90 Å². The van der Waals surface area contributed by atoms with Crippen molar-refractivity contribution in [2.75, 3.05) is 13.1 Å². The molecule has 0 aromatic heterocycles. The monoisotopic (exact) mass is 475 g/mol. The van der Waals surface area contributed by atoms with Crippen LogP contribution in [0.1, 0.15) is 70.4 Å². The highest BCUT2D eigenvalue weighted by Gasteiger charge is 2.43. The molecule has 0 unspecified atom stereocenters. The van der Waals surface area contributed by atoms with Crippen molar-refractivity contribution in [2.24, 2.45) is 0 Å². The molecule has 1 amide bonds. The molecule has 178 valence electrons. The third-order valence-corrected chi connectivity index (χ3v) is 6.68. The van der Waals surface area contributed by atoms with Crippen molar-refractivity contribution in [3.05, 3.63) is 58.4 Å². The summed E-state index contributed by atoms with van der Waals surface area (Å²) in [6.07, 6.45) is 3.11. The van der Waals surface area contributed by atoms with Crippen LogP contribution < -0.4 is 9.47 Å². The summed E-state index contributed by atoms with van der Waals surface area (Å²) in [5.74, 6) is -0.319. The maximum atomic E-state index is 14.6. The van der Waals surface area contributed by atoms with Gasteiger partial charge in [-0.2, -0.15) is 0 Å². The van der Waals surface area contributed by atoms with Gasteiger partial charge in [-0.15, -0.1) is 0 Å². The number of benzene rings is 2. The van der Waals surface area contributed by atoms with Crippen LogP contribution in [0.25, 0.3) is 0 Å². The molecule has 2 aliphatic rings. The van der Waals surface area contributed by atoms with Gasteiger partial charge in [0, 0.05) is 30.6 Å². The maximum Gasteiger partial charge on any atom is 0.410 e. The predicted molar refractivity (Wildman–Crippen MR) is 125 cm³/mol. The molecule has 7 heteroatoms. The minimum atomic E-state index is -1.28. The van der Waals surface area contributed by atoms with Crippen LogP contribution in [0.3, 0.4) is 0 Å². The van der Waals surface area contributed by atoms with E-state index >= 15 is 0 Å². The molecule has 1 fully saturated rings. The van der Waals surface area contributed by atoms with Crippen molar-refractivity contribution in [2.45, 2.75) is 70.7 Å². The Labute approximate surface area is 199 Å². The lowest BCUT2D eigenvalue weighted by Gasteiger charge is -2.34. The fourth-order valence-corrected chi connectivity index (χ4v) is 4.92. The number of likely N-dealkylation sites (tertiary alicyclic amines) is 1. The van der Waals surface area contributed by atoms with E-state index in [2.05, 4.69) is 6.92 Å². The zero-order valence-electron chi connectivity index (χ0n) is 19.6. The van der Waals surface area contributed by atoms with E-state index in [1.807, 2.05) is 32.0 Å². The quantitative estimate of drug-likeness (QED) is 0.466. The highest BCUT2D eigenvalue weighted by molar-refractivity contribution is 6.30. The predicted octanol–water partition coefficient (Wildman–Crippen LogP) is 7.02. The molecule has 5 nitrogen and oxygen atoms in total. The first-order valence-corrected chi connectivity index (χ1v) is 11.9. The summed E-state index contributed by atoms with van der Waals surface area (Å²) >= 11 is 5.91. The van der Waals surface area contributed by atoms with Gasteiger partial charge >= 0.3 is 6.09 Å². The molecule has 2 aliphatic heterocycles. The lowest BCUT2D eigenvalue weighted by atomic mass is 9.88. The Morgan fingerprint density at radius 1 is 1.24 bits per heavy atom. The van der Waals surface area contributed by atoms with Crippen LogP contribution >= 0.6 is 11.6 Å². The first-order chi connectivity index (χ1) is 15.6. The minimum Gasteiger partial charge on any atom is -0.444 e. The second-order valence-electron chi connectivity index (χ2n) is 9.59. The molecule has 1 atom stereocenters. The SMILES string of the molecule is CCCC(C)(C)OC(=O)N1CCC(c2cccc3c2O[C@@](C)(c2ccc(Cl)cc2F)O3)CC1. The van der Waals surface area contributed by atoms with E-state index in [9.17, 15) is 9.18 Å². The van der Waals surface area contributed by atoms with Crippen molar-refractivity contribution < 1.29 is 23.4 Å². The molecule has 0 N–H and O–H groups in total. The van der Waals surface area contributed by atoms with Gasteiger partial charge in [-0.3, -0.25) is 0 Å². The molecule has 2 aromatic carbocycles. The van der Waals surface area contributed by atoms with Gasteiger partial charge in [0.2, 0.25) is 0 Å². The molecular formula is C26H31ClFNO4. The molecule has 2 aromatic rings. The summed E-state index contributed by atoms with van der Waals surface area (Å²) in [5, 5.41) is 0.319. The summed E-state index contributed by atoms with van der Waals surface area (Å²) in [6, 6.07) is 10.3. The van der Waals surface area contributed by atoms with E-state index in [4.69, 9.17) is 25.8 Å². The first kappa shape index (κ1) is 23.7. The summed E-state index contributed by atoms with van der Waals surface area (Å²) in [4.78, 5) is 14.4. The second-order valence-corrected chi connectivity index (χ2v) is 10.0. The van der Waals surface area contributed by atoms with Gasteiger partial charge in [-0.1, -0.05) is 37.1 Å². The number of hydrogen-bond acceptors (Lipinski definition) is 4. The number of halogens is 2. The average molecular weight is 476 g/mol. The fraction of sp³-hybridized carbons (Fsp3) is 0.500. The number of amides is 1. The minimum absolute atomic E-state index is 0.202. The van der Waals surface area contributed by atoms with E-state index in [1.54, 1.807) is 24.0 Å². The standard InChI is InChI=1S/C26H31ClFNO4/c1-5-13-25(2,3)33-24(30)29-14-11-17(12-15-29)19-7-6-8-22-23(19)32-26(4,31-22)20-10-9-18(27)16-21(20)28/h6-10,16-17H,5,11-15H2,1-4H3/t26-/m0/s1. The number of ether oxygens (including phenoxy) is 3. The van der Waals surface area contributed by atoms with Gasteiger partial charge in [0.05, 0.1) is 5.56 Å². The number of carbonyl (C=O) groups excluding carboxylic acids is 1. The molecule has 0 saturated carbocycles. The first-order valence-electron chi connectivity index (χ1n) is 11.6. The van der Waals surface area contributed by atoms with Gasteiger partial charge in [0.25, 0.3) is 5.79 Å². The fourth-order valence-electron chi connectivity index (χ4n) is 4.76. The van der Waals surface area contributed by atoms with Crippen LogP contribution in [0.5, 0.6) is 11.5 Å². The van der Waals surface area contributed by atoms with Gasteiger partial charge in [-0.25, -0.2) is 9.18 Å². The number of piperidine rings is 1. The highest BCUT2D eigenvalue weighted by Crippen LogP contribution is 2.49. The largest absolute Gasteiger partial charge is 0.444 e. The van der Waals surface area contributed by atoms with Crippen LogP contribution in [0.2, 0.25) is 5.02 Å². The molecule has 2 heterocycles. The van der Waals surface area contributed by atoms with Gasteiger partial charge in [0.15, 0.2) is 11.5 Å². The Morgan fingerprint density at radius 3 is 2.64 bits per heavy atom. The third kappa shape index (κ3) is 4.91. The van der Waals surface area contributed by atoms with Gasteiger partial charge in [0.1, 0.15) is 11.4 Å². The summed E-state index contributed by atoms with van der Waals surface area (Å²) in [7, 11) is 0. The molecule has 4 rings (SSSR count). The van der Waals surface area contributed by atoms with Crippen LogP contribution in [0.4, 0.5) is 9.18 Å². The lowest BCUT2D eigenvalue weighted by molar-refractivity contribution is -0.0711. The van der Waals surface area contributed by atoms with Crippen LogP contribution in [0, 0.1) is 5.82 Å². The Morgan fingerprint density at radius 2 is 1.97 bits per heavy atom. The van der Waals surface area contributed by atoms with Crippen LogP contribution in [-0.2, 0) is 10.5 Å². The molecule has 1 saturated heterocycles. The smallest absolute Gasteiger partial charge is 0.410 e. The third-order valence-electron chi connectivity index (χ3n) is 6.44. The van der Waals surface area contributed by atoms with Crippen molar-refractivity contribution in [3.8, 4) is 11.5 Å². The highest BCUT2D eigenvalue weighted by atomic mass is 35.5. The summed E-state index contributed by atoms with van der Waals surface area (Å²) < 4.78 is 32.7. The average Bonchev–Trinajstić information content (AvgIpc) is 3.10. The van der Waals surface area contributed by atoms with E-state index in [1.165, 1.54) is 6.07 Å². The molecule has 0 aliphatic carbocycles. The molecule has 33 heavy (non-hydrogen) atoms. The second kappa shape index (κ2) is 9.05. The van der Waals surface area contributed by atoms with Crippen molar-refractivity contribution in [1.29, 1.82) is 0 Å². The number of nitrogens with zero attached hydrogens (tertiary/aromatic N) is 1. The van der Waals surface area contributed by atoms with Crippen molar-refractivity contribution in [3.63, 3.8) is 0 Å². The Hall–Kier alpha value is -2.47. The zero-order valence-corrected chi connectivity index (χ0v) is 20.4. The topological polar surface area (TPSA) is 48.0 Å². The van der Waals surface area contributed by atoms with E-state index < -0.39 is 17.2 Å². The number of hydrogen-bond donors (Lipinski definition) is 0. The Balaban J connectivity index is 1.46. The Kier molecular flexibility index (Phi) is 6.50. The maximum absolute atomic E-state index is 14.6. The van der Waals surface area contributed by atoms with Gasteiger partial charge < -0.3 is 19.1 Å². The van der Waals surface area contributed by atoms with Crippen LogP contribution in [0.15, 0.2) is 36.4 Å². The Bertz CT molecular complexity index is 1030. The molecular weight excluding hydrogens is 445 g/mol. The summed E-state index contributed by atoms with van der Waals surface area (Å²) in [5.41, 5.74) is 0.849. The molecule has 0 spiro atoms. The number of rotatable bonds is 5. The van der Waals surface area contributed by atoms with Gasteiger partial charge in [-0.05, 0) is 63.3 Å². The molecule has 0 radical (unpaired) electrons. The van der Waals surface area contributed by atoms with Crippen molar-refractivity contribution >= 4 is 17.7 Å². The number of fused-ring (bicyclic) bond motifs is 1. The number of carbonyl (C=O) groups is 1. The lowest BCUT2D eigenvalue weighted by Crippen LogP contribution is -2.42. The van der Waals surface area contributed by atoms with E-state index in [-0.39, 0.29) is 12.0 Å². The molecule has 0 bridgehead atoms. The van der Waals surface area contributed by atoms with Crippen LogP contribution in [-0.4, -0.2) is 29.7 Å². The number of para-hydroxylation sites is 1. The zero-order chi connectivity index (χ0) is 23.8. The normalized spacial score (nSPS) is 20.7. The van der Waals surface area contributed by atoms with E-state index in [0.29, 0.717) is 35.2 Å².